The molecule has 94 valence electrons. The van der Waals surface area contributed by atoms with E-state index in [0.717, 1.165) is 6.42 Å². The van der Waals surface area contributed by atoms with E-state index in [2.05, 4.69) is 13.2 Å². The second-order valence-electron chi connectivity index (χ2n) is 3.16. The molecule has 16 heavy (non-hydrogen) atoms. The fraction of sp³-hybridized carbons (Fsp3) is 0.667. The van der Waals surface area contributed by atoms with Crippen LogP contribution in [0, 0.1) is 0 Å². The monoisotopic (exact) mass is 230 g/mol. The van der Waals surface area contributed by atoms with Crippen LogP contribution in [0.25, 0.3) is 0 Å². The summed E-state index contributed by atoms with van der Waals surface area (Å²) in [6.07, 6.45) is 4.24. The predicted molar refractivity (Wildman–Crippen MR) is 63.4 cm³/mol. The molecule has 0 saturated carbocycles. The van der Waals surface area contributed by atoms with E-state index < -0.39 is 0 Å². The summed E-state index contributed by atoms with van der Waals surface area (Å²) in [5.74, 6) is 0. The van der Waals surface area contributed by atoms with Crippen LogP contribution in [-0.2, 0) is 18.9 Å². The van der Waals surface area contributed by atoms with Crippen molar-refractivity contribution in [2.45, 2.75) is 12.5 Å². The summed E-state index contributed by atoms with van der Waals surface area (Å²) in [5, 5.41) is 0. The highest BCUT2D eigenvalue weighted by molar-refractivity contribution is 4.73. The molecule has 0 N–H and O–H groups in total. The van der Waals surface area contributed by atoms with Crippen LogP contribution in [0.15, 0.2) is 25.3 Å². The smallest absolute Gasteiger partial charge is 0.147 e. The van der Waals surface area contributed by atoms with Crippen molar-refractivity contribution in [3.63, 3.8) is 0 Å². The maximum Gasteiger partial charge on any atom is 0.147 e. The van der Waals surface area contributed by atoms with Crippen molar-refractivity contribution in [2.24, 2.45) is 0 Å². The van der Waals surface area contributed by atoms with Crippen LogP contribution in [-0.4, -0.2) is 46.4 Å². The maximum absolute atomic E-state index is 5.47. The largest absolute Gasteiger partial charge is 0.382 e. The predicted octanol–water partition coefficient (Wildman–Crippen LogP) is 1.77. The number of hydrogen-bond acceptors (Lipinski definition) is 4. The van der Waals surface area contributed by atoms with Gasteiger partial charge >= 0.3 is 0 Å². The van der Waals surface area contributed by atoms with Gasteiger partial charge in [-0.1, -0.05) is 12.2 Å². The lowest BCUT2D eigenvalue weighted by atomic mass is 10.3. The highest BCUT2D eigenvalue weighted by Crippen LogP contribution is 2.01. The van der Waals surface area contributed by atoms with E-state index in [1.807, 2.05) is 0 Å². The third kappa shape index (κ3) is 9.86. The van der Waals surface area contributed by atoms with Crippen molar-refractivity contribution in [1.29, 1.82) is 0 Å². The Bertz CT molecular complexity index is 170. The molecule has 0 amide bonds. The van der Waals surface area contributed by atoms with Crippen LogP contribution in [0.4, 0.5) is 0 Å². The van der Waals surface area contributed by atoms with E-state index in [0.29, 0.717) is 26.4 Å². The normalized spacial score (nSPS) is 12.3. The van der Waals surface area contributed by atoms with E-state index in [1.54, 1.807) is 19.3 Å². The Kier molecular flexibility index (Phi) is 11.9. The minimum Gasteiger partial charge on any atom is -0.382 e. The van der Waals surface area contributed by atoms with Crippen LogP contribution in [0.5, 0.6) is 0 Å². The minimum absolute atomic E-state index is 0.0139. The molecule has 0 aromatic heterocycles. The number of rotatable bonds is 12. The molecule has 4 heteroatoms. The Balaban J connectivity index is 3.50. The molecule has 0 rings (SSSR count). The quantitative estimate of drug-likeness (QED) is 0.291. The summed E-state index contributed by atoms with van der Waals surface area (Å²) in [7, 11) is 1.63. The summed E-state index contributed by atoms with van der Waals surface area (Å²) in [5.41, 5.74) is 0. The molecule has 0 heterocycles. The average Bonchev–Trinajstić information content (AvgIpc) is 2.29. The van der Waals surface area contributed by atoms with Crippen LogP contribution in [0.1, 0.15) is 6.42 Å². The summed E-state index contributed by atoms with van der Waals surface area (Å²) in [6, 6.07) is 0. The first kappa shape index (κ1) is 15.3. The number of hydrogen-bond donors (Lipinski definition) is 0. The summed E-state index contributed by atoms with van der Waals surface area (Å²) in [6.45, 7) is 9.65. The molecule has 0 fully saturated rings. The summed E-state index contributed by atoms with van der Waals surface area (Å²) in [4.78, 5) is 0. The van der Waals surface area contributed by atoms with Gasteiger partial charge in [-0.25, -0.2) is 0 Å². The molecule has 0 saturated heterocycles. The molecule has 0 aliphatic rings. The Hall–Kier alpha value is -0.680. The molecule has 4 nitrogen and oxygen atoms in total. The fourth-order valence-electron chi connectivity index (χ4n) is 0.998. The number of ether oxygens (including phenoxy) is 4. The van der Waals surface area contributed by atoms with E-state index in [9.17, 15) is 0 Å². The molecule has 0 aromatic carbocycles. The number of methoxy groups -OCH3 is 1. The molecule has 0 aliphatic carbocycles. The van der Waals surface area contributed by atoms with Crippen molar-refractivity contribution in [3.8, 4) is 0 Å². The SMILES string of the molecule is C=CCOCC(CC=C)OCOCCOC. The molecule has 1 unspecified atom stereocenters. The van der Waals surface area contributed by atoms with Gasteiger partial charge < -0.3 is 18.9 Å². The molecule has 0 radical (unpaired) electrons. The lowest BCUT2D eigenvalue weighted by Gasteiger charge is -2.16. The zero-order valence-corrected chi connectivity index (χ0v) is 10.0. The van der Waals surface area contributed by atoms with Crippen LogP contribution in [0.2, 0.25) is 0 Å². The topological polar surface area (TPSA) is 36.9 Å². The van der Waals surface area contributed by atoms with Crippen molar-refractivity contribution >= 4 is 0 Å². The molecule has 0 spiro atoms. The third-order valence-corrected chi connectivity index (χ3v) is 1.79. The lowest BCUT2D eigenvalue weighted by molar-refractivity contribution is -0.113. The Morgan fingerprint density at radius 3 is 2.56 bits per heavy atom. The Morgan fingerprint density at radius 1 is 1.12 bits per heavy atom. The van der Waals surface area contributed by atoms with Gasteiger partial charge in [-0.2, -0.15) is 0 Å². The molecule has 0 aliphatic heterocycles. The van der Waals surface area contributed by atoms with Crippen molar-refractivity contribution in [1.82, 2.24) is 0 Å². The zero-order valence-electron chi connectivity index (χ0n) is 10.0. The highest BCUT2D eigenvalue weighted by Gasteiger charge is 2.06. The van der Waals surface area contributed by atoms with Crippen molar-refractivity contribution in [3.05, 3.63) is 25.3 Å². The third-order valence-electron chi connectivity index (χ3n) is 1.79. The summed E-state index contributed by atoms with van der Waals surface area (Å²) < 4.78 is 20.8. The zero-order chi connectivity index (χ0) is 12.1. The van der Waals surface area contributed by atoms with E-state index in [4.69, 9.17) is 18.9 Å². The van der Waals surface area contributed by atoms with Gasteiger partial charge in [0.15, 0.2) is 0 Å². The fourth-order valence-corrected chi connectivity index (χ4v) is 0.998. The first-order valence-electron chi connectivity index (χ1n) is 5.33. The first-order chi connectivity index (χ1) is 7.85. The second kappa shape index (κ2) is 12.4. The maximum atomic E-state index is 5.47. The van der Waals surface area contributed by atoms with Gasteiger partial charge in [0.2, 0.25) is 0 Å². The molecule has 0 bridgehead atoms. The molecular weight excluding hydrogens is 208 g/mol. The van der Waals surface area contributed by atoms with Crippen LogP contribution in [0.3, 0.4) is 0 Å². The Labute approximate surface area is 97.8 Å². The van der Waals surface area contributed by atoms with Gasteiger partial charge in [0.05, 0.1) is 32.5 Å². The van der Waals surface area contributed by atoms with Crippen LogP contribution >= 0.6 is 0 Å². The van der Waals surface area contributed by atoms with Gasteiger partial charge in [-0.15, -0.1) is 13.2 Å². The standard InChI is InChI=1S/C12H22O4/c1-4-6-12(10-14-7-5-2)16-11-15-9-8-13-3/h4-5,12H,1-2,6-11H2,3H3. The molecular formula is C12H22O4. The van der Waals surface area contributed by atoms with E-state index in [-0.39, 0.29) is 12.9 Å². The Morgan fingerprint density at radius 2 is 1.94 bits per heavy atom. The van der Waals surface area contributed by atoms with Crippen molar-refractivity contribution in [2.75, 3.05) is 40.3 Å². The summed E-state index contributed by atoms with van der Waals surface area (Å²) >= 11 is 0. The second-order valence-corrected chi connectivity index (χ2v) is 3.16. The molecule has 1 atom stereocenters. The van der Waals surface area contributed by atoms with Crippen molar-refractivity contribution < 1.29 is 18.9 Å². The highest BCUT2D eigenvalue weighted by atomic mass is 16.7. The molecule has 0 aromatic rings. The van der Waals surface area contributed by atoms with Gasteiger partial charge in [-0.3, -0.25) is 0 Å². The van der Waals surface area contributed by atoms with E-state index in [1.165, 1.54) is 0 Å². The van der Waals surface area contributed by atoms with Gasteiger partial charge in [-0.05, 0) is 6.42 Å². The first-order valence-corrected chi connectivity index (χ1v) is 5.33. The van der Waals surface area contributed by atoms with Gasteiger partial charge in [0.25, 0.3) is 0 Å². The van der Waals surface area contributed by atoms with Gasteiger partial charge in [0, 0.05) is 7.11 Å². The average molecular weight is 230 g/mol. The minimum atomic E-state index is -0.0139. The van der Waals surface area contributed by atoms with Crippen LogP contribution < -0.4 is 0 Å². The van der Waals surface area contributed by atoms with E-state index >= 15 is 0 Å². The van der Waals surface area contributed by atoms with Gasteiger partial charge in [0.1, 0.15) is 6.79 Å². The lowest BCUT2D eigenvalue weighted by Crippen LogP contribution is -2.21.